The summed E-state index contributed by atoms with van der Waals surface area (Å²) in [7, 11) is 0. The third-order valence-corrected chi connectivity index (χ3v) is 3.75. The predicted molar refractivity (Wildman–Crippen MR) is 79.0 cm³/mol. The summed E-state index contributed by atoms with van der Waals surface area (Å²) in [6, 6.07) is 4.72. The minimum Gasteiger partial charge on any atom is -0.508 e. The number of aromatic hydroxyl groups is 1. The van der Waals surface area contributed by atoms with Crippen molar-refractivity contribution in [1.82, 2.24) is 10.2 Å². The summed E-state index contributed by atoms with van der Waals surface area (Å²) in [5, 5.41) is 13.0. The molecule has 6 nitrogen and oxygen atoms in total. The zero-order chi connectivity index (χ0) is 15.4. The molecule has 4 N–H and O–H groups in total. The number of carbonyl (C=O) groups is 2. The Bertz CT molecular complexity index is 539. The fourth-order valence-corrected chi connectivity index (χ4v) is 2.54. The average molecular weight is 291 g/mol. The van der Waals surface area contributed by atoms with Crippen LogP contribution in [0.25, 0.3) is 0 Å². The molecule has 1 unspecified atom stereocenters. The summed E-state index contributed by atoms with van der Waals surface area (Å²) in [5.74, 6) is -0.746. The molecule has 1 aromatic rings. The monoisotopic (exact) mass is 291 g/mol. The van der Waals surface area contributed by atoms with Gasteiger partial charge in [0.05, 0.1) is 6.54 Å². The predicted octanol–water partition coefficient (Wildman–Crippen LogP) is 0.380. The molecule has 0 aromatic heterocycles. The van der Waals surface area contributed by atoms with Crippen LogP contribution in [0, 0.1) is 6.92 Å². The number of rotatable bonds is 4. The van der Waals surface area contributed by atoms with Crippen molar-refractivity contribution in [1.29, 1.82) is 0 Å². The average Bonchev–Trinajstić information content (AvgIpc) is 2.47. The number of amides is 2. The molecule has 1 fully saturated rings. The molecular weight excluding hydrogens is 270 g/mol. The van der Waals surface area contributed by atoms with Gasteiger partial charge in [-0.2, -0.15) is 0 Å². The maximum absolute atomic E-state index is 12.6. The standard InChI is InChI=1S/C15H21N3O3/c1-10-4-5-11(7-13(10)19)15(21)18(9-14(16)20)12-3-2-6-17-8-12/h4-5,7,12,17,19H,2-3,6,8-9H2,1H3,(H2,16,20). The lowest BCUT2D eigenvalue weighted by Crippen LogP contribution is -2.51. The number of benzene rings is 1. The smallest absolute Gasteiger partial charge is 0.254 e. The SMILES string of the molecule is Cc1ccc(C(=O)N(CC(N)=O)C2CCCNC2)cc1O. The molecular formula is C15H21N3O3. The summed E-state index contributed by atoms with van der Waals surface area (Å²) in [6.07, 6.45) is 1.79. The van der Waals surface area contributed by atoms with Crippen molar-refractivity contribution in [2.45, 2.75) is 25.8 Å². The van der Waals surface area contributed by atoms with E-state index in [9.17, 15) is 14.7 Å². The number of primary amides is 1. The Balaban J connectivity index is 2.23. The molecule has 0 bridgehead atoms. The lowest BCUT2D eigenvalue weighted by Gasteiger charge is -2.34. The Hall–Kier alpha value is -2.08. The Morgan fingerprint density at radius 3 is 2.81 bits per heavy atom. The van der Waals surface area contributed by atoms with Crippen LogP contribution < -0.4 is 11.1 Å². The minimum atomic E-state index is -0.537. The molecule has 1 heterocycles. The van der Waals surface area contributed by atoms with E-state index < -0.39 is 5.91 Å². The number of nitrogens with one attached hydrogen (secondary N) is 1. The van der Waals surface area contributed by atoms with E-state index in [1.165, 1.54) is 11.0 Å². The van der Waals surface area contributed by atoms with Crippen LogP contribution >= 0.6 is 0 Å². The lowest BCUT2D eigenvalue weighted by atomic mass is 10.0. The number of nitrogens with two attached hydrogens (primary N) is 1. The minimum absolute atomic E-state index is 0.0535. The van der Waals surface area contributed by atoms with Crippen LogP contribution in [0.3, 0.4) is 0 Å². The van der Waals surface area contributed by atoms with Gasteiger partial charge < -0.3 is 21.1 Å². The second kappa shape index (κ2) is 6.58. The van der Waals surface area contributed by atoms with Crippen molar-refractivity contribution >= 4 is 11.8 Å². The van der Waals surface area contributed by atoms with Crippen molar-refractivity contribution in [2.24, 2.45) is 5.73 Å². The van der Waals surface area contributed by atoms with Gasteiger partial charge in [-0.05, 0) is 44.0 Å². The van der Waals surface area contributed by atoms with E-state index in [0.717, 1.165) is 19.4 Å². The van der Waals surface area contributed by atoms with Crippen LogP contribution in [0.1, 0.15) is 28.8 Å². The number of hydrogen-bond donors (Lipinski definition) is 3. The van der Waals surface area contributed by atoms with E-state index in [-0.39, 0.29) is 24.2 Å². The Kier molecular flexibility index (Phi) is 4.80. The van der Waals surface area contributed by atoms with Crippen LogP contribution in [0.4, 0.5) is 0 Å². The van der Waals surface area contributed by atoms with Gasteiger partial charge in [-0.3, -0.25) is 9.59 Å². The van der Waals surface area contributed by atoms with E-state index >= 15 is 0 Å². The van der Waals surface area contributed by atoms with Crippen molar-refractivity contribution in [3.63, 3.8) is 0 Å². The molecule has 114 valence electrons. The Morgan fingerprint density at radius 1 is 1.48 bits per heavy atom. The van der Waals surface area contributed by atoms with Crippen LogP contribution in [0.15, 0.2) is 18.2 Å². The number of hydrogen-bond acceptors (Lipinski definition) is 4. The third-order valence-electron chi connectivity index (χ3n) is 3.75. The van der Waals surface area contributed by atoms with Crippen LogP contribution in [-0.4, -0.2) is 47.5 Å². The fraction of sp³-hybridized carbons (Fsp3) is 0.467. The van der Waals surface area contributed by atoms with Crippen LogP contribution in [0.5, 0.6) is 5.75 Å². The van der Waals surface area contributed by atoms with Crippen molar-refractivity contribution in [3.05, 3.63) is 29.3 Å². The summed E-state index contributed by atoms with van der Waals surface area (Å²) in [4.78, 5) is 25.4. The molecule has 0 radical (unpaired) electrons. The highest BCUT2D eigenvalue weighted by atomic mass is 16.3. The molecule has 1 aromatic carbocycles. The molecule has 0 saturated carbocycles. The maximum Gasteiger partial charge on any atom is 0.254 e. The van der Waals surface area contributed by atoms with E-state index in [1.54, 1.807) is 19.1 Å². The number of carbonyl (C=O) groups excluding carboxylic acids is 2. The van der Waals surface area contributed by atoms with E-state index in [0.29, 0.717) is 17.7 Å². The number of piperidine rings is 1. The van der Waals surface area contributed by atoms with Gasteiger partial charge in [-0.15, -0.1) is 0 Å². The molecule has 0 aliphatic carbocycles. The Labute approximate surface area is 123 Å². The van der Waals surface area contributed by atoms with Gasteiger partial charge in [0.2, 0.25) is 5.91 Å². The molecule has 6 heteroatoms. The molecule has 21 heavy (non-hydrogen) atoms. The first kappa shape index (κ1) is 15.3. The molecule has 1 atom stereocenters. The second-order valence-electron chi connectivity index (χ2n) is 5.40. The number of phenols is 1. The largest absolute Gasteiger partial charge is 0.508 e. The molecule has 2 rings (SSSR count). The molecule has 0 spiro atoms. The van der Waals surface area contributed by atoms with E-state index in [1.807, 2.05) is 0 Å². The van der Waals surface area contributed by atoms with Crippen molar-refractivity contribution < 1.29 is 14.7 Å². The summed E-state index contributed by atoms with van der Waals surface area (Å²) < 4.78 is 0. The summed E-state index contributed by atoms with van der Waals surface area (Å²) in [6.45, 7) is 3.22. The second-order valence-corrected chi connectivity index (χ2v) is 5.40. The normalized spacial score (nSPS) is 18.2. The van der Waals surface area contributed by atoms with Gasteiger partial charge in [0.1, 0.15) is 5.75 Å². The third kappa shape index (κ3) is 3.72. The first-order valence-corrected chi connectivity index (χ1v) is 7.08. The van der Waals surface area contributed by atoms with E-state index in [2.05, 4.69) is 5.32 Å². The van der Waals surface area contributed by atoms with Crippen molar-refractivity contribution in [2.75, 3.05) is 19.6 Å². The van der Waals surface area contributed by atoms with Gasteiger partial charge in [0.15, 0.2) is 0 Å². The highest BCUT2D eigenvalue weighted by molar-refractivity contribution is 5.97. The van der Waals surface area contributed by atoms with Gasteiger partial charge >= 0.3 is 0 Å². The highest BCUT2D eigenvalue weighted by Crippen LogP contribution is 2.20. The van der Waals surface area contributed by atoms with Crippen LogP contribution in [0.2, 0.25) is 0 Å². The van der Waals surface area contributed by atoms with Crippen molar-refractivity contribution in [3.8, 4) is 5.75 Å². The van der Waals surface area contributed by atoms with Crippen LogP contribution in [-0.2, 0) is 4.79 Å². The van der Waals surface area contributed by atoms with E-state index in [4.69, 9.17) is 5.73 Å². The summed E-state index contributed by atoms with van der Waals surface area (Å²) >= 11 is 0. The lowest BCUT2D eigenvalue weighted by molar-refractivity contribution is -0.119. The van der Waals surface area contributed by atoms with Gasteiger partial charge in [0.25, 0.3) is 5.91 Å². The first-order chi connectivity index (χ1) is 9.99. The molecule has 1 saturated heterocycles. The topological polar surface area (TPSA) is 95.7 Å². The molecule has 2 amide bonds. The Morgan fingerprint density at radius 2 is 2.24 bits per heavy atom. The van der Waals surface area contributed by atoms with Gasteiger partial charge in [0, 0.05) is 18.2 Å². The maximum atomic E-state index is 12.6. The zero-order valence-electron chi connectivity index (χ0n) is 12.1. The molecule has 1 aliphatic heterocycles. The van der Waals surface area contributed by atoms with Gasteiger partial charge in [-0.25, -0.2) is 0 Å². The zero-order valence-corrected chi connectivity index (χ0v) is 12.1. The first-order valence-electron chi connectivity index (χ1n) is 7.08. The fourth-order valence-electron chi connectivity index (χ4n) is 2.54. The number of aryl methyl sites for hydroxylation is 1. The number of nitrogens with zero attached hydrogens (tertiary/aromatic N) is 1. The van der Waals surface area contributed by atoms with Gasteiger partial charge in [-0.1, -0.05) is 6.07 Å². The number of phenolic OH excluding ortho intramolecular Hbond substituents is 1. The highest BCUT2D eigenvalue weighted by Gasteiger charge is 2.27. The summed E-state index contributed by atoms with van der Waals surface area (Å²) in [5.41, 5.74) is 6.33. The molecule has 1 aliphatic rings. The quantitative estimate of drug-likeness (QED) is 0.747.